The van der Waals surface area contributed by atoms with Crippen molar-refractivity contribution in [2.24, 2.45) is 7.05 Å². The topological polar surface area (TPSA) is 68.5 Å². The van der Waals surface area contributed by atoms with Gasteiger partial charge in [-0.1, -0.05) is 6.07 Å². The molecule has 6 heteroatoms. The highest BCUT2D eigenvalue weighted by Crippen LogP contribution is 2.09. The van der Waals surface area contributed by atoms with Gasteiger partial charge in [-0.15, -0.1) is 0 Å². The van der Waals surface area contributed by atoms with Gasteiger partial charge in [-0.3, -0.25) is 4.98 Å². The van der Waals surface area contributed by atoms with Crippen LogP contribution in [0, 0.1) is 0 Å². The van der Waals surface area contributed by atoms with Crippen molar-refractivity contribution in [1.29, 1.82) is 0 Å². The molecule has 0 radical (unpaired) electrons. The van der Waals surface area contributed by atoms with Gasteiger partial charge in [0.25, 0.3) is 0 Å². The molecule has 0 aliphatic heterocycles. The highest BCUT2D eigenvalue weighted by atomic mass is 15.1. The van der Waals surface area contributed by atoms with Crippen molar-refractivity contribution in [3.63, 3.8) is 0 Å². The first-order valence-electron chi connectivity index (χ1n) is 6.10. The second-order valence-corrected chi connectivity index (χ2v) is 4.30. The fraction of sp³-hybridized carbons (Fsp3) is 0.231. The van der Waals surface area contributed by atoms with Gasteiger partial charge in [-0.05, 0) is 18.1 Å². The first-order valence-corrected chi connectivity index (χ1v) is 6.10. The summed E-state index contributed by atoms with van der Waals surface area (Å²) in [5, 5.41) is 3.20. The molecule has 0 bridgehead atoms. The van der Waals surface area contributed by atoms with Gasteiger partial charge >= 0.3 is 0 Å². The Morgan fingerprint density at radius 2 is 2.21 bits per heavy atom. The Hall–Kier alpha value is -2.50. The number of anilines is 1. The third-order valence-corrected chi connectivity index (χ3v) is 2.90. The SMILES string of the molecule is Cn1cnc2nc(NCCc3cccnc3)ncc21. The molecule has 0 aromatic carbocycles. The maximum absolute atomic E-state index is 4.36. The van der Waals surface area contributed by atoms with Crippen LogP contribution in [-0.4, -0.2) is 31.0 Å². The van der Waals surface area contributed by atoms with Crippen LogP contribution in [0.4, 0.5) is 5.95 Å². The second-order valence-electron chi connectivity index (χ2n) is 4.30. The Bertz CT molecular complexity index is 676. The van der Waals surface area contributed by atoms with Gasteiger partial charge in [-0.25, -0.2) is 9.97 Å². The summed E-state index contributed by atoms with van der Waals surface area (Å²) in [6.07, 6.45) is 8.04. The highest BCUT2D eigenvalue weighted by molar-refractivity contribution is 5.70. The van der Waals surface area contributed by atoms with Crippen LogP contribution in [0.3, 0.4) is 0 Å². The molecule has 0 spiro atoms. The summed E-state index contributed by atoms with van der Waals surface area (Å²) >= 11 is 0. The van der Waals surface area contributed by atoms with E-state index in [2.05, 4.69) is 31.3 Å². The molecule has 0 saturated carbocycles. The number of nitrogens with zero attached hydrogens (tertiary/aromatic N) is 5. The van der Waals surface area contributed by atoms with Gasteiger partial charge in [0.05, 0.1) is 12.5 Å². The number of nitrogens with one attached hydrogen (secondary N) is 1. The summed E-state index contributed by atoms with van der Waals surface area (Å²) in [7, 11) is 1.92. The van der Waals surface area contributed by atoms with Crippen molar-refractivity contribution in [1.82, 2.24) is 24.5 Å². The van der Waals surface area contributed by atoms with Crippen LogP contribution in [0.15, 0.2) is 37.1 Å². The van der Waals surface area contributed by atoms with E-state index in [1.165, 1.54) is 5.56 Å². The molecule has 0 saturated heterocycles. The van der Waals surface area contributed by atoms with E-state index in [1.807, 2.05) is 23.9 Å². The molecule has 3 rings (SSSR count). The quantitative estimate of drug-likeness (QED) is 0.762. The summed E-state index contributed by atoms with van der Waals surface area (Å²) in [5.74, 6) is 0.607. The molecule has 0 aliphatic rings. The first-order chi connectivity index (χ1) is 9.33. The van der Waals surface area contributed by atoms with Crippen LogP contribution in [0.2, 0.25) is 0 Å². The zero-order valence-electron chi connectivity index (χ0n) is 10.6. The Balaban J connectivity index is 1.65. The minimum atomic E-state index is 0.607. The third kappa shape index (κ3) is 2.52. The summed E-state index contributed by atoms with van der Waals surface area (Å²) in [5.41, 5.74) is 2.83. The second kappa shape index (κ2) is 5.01. The van der Waals surface area contributed by atoms with Crippen molar-refractivity contribution in [3.8, 4) is 0 Å². The number of hydrogen-bond donors (Lipinski definition) is 1. The van der Waals surface area contributed by atoms with Crippen LogP contribution in [0.5, 0.6) is 0 Å². The van der Waals surface area contributed by atoms with Gasteiger partial charge in [0.1, 0.15) is 5.52 Å². The predicted octanol–water partition coefficient (Wildman–Crippen LogP) is 1.41. The maximum Gasteiger partial charge on any atom is 0.224 e. The van der Waals surface area contributed by atoms with E-state index < -0.39 is 0 Å². The number of aromatic nitrogens is 5. The van der Waals surface area contributed by atoms with Crippen molar-refractivity contribution >= 4 is 17.1 Å². The molecule has 3 aromatic rings. The Labute approximate surface area is 110 Å². The number of pyridine rings is 1. The number of fused-ring (bicyclic) bond motifs is 1. The average Bonchev–Trinajstić information content (AvgIpc) is 2.81. The molecule has 6 nitrogen and oxygen atoms in total. The molecule has 3 aromatic heterocycles. The molecule has 0 amide bonds. The van der Waals surface area contributed by atoms with Gasteiger partial charge in [0.15, 0.2) is 5.65 Å². The van der Waals surface area contributed by atoms with Gasteiger partial charge in [-0.2, -0.15) is 4.98 Å². The molecule has 19 heavy (non-hydrogen) atoms. The molecule has 3 heterocycles. The van der Waals surface area contributed by atoms with Crippen molar-refractivity contribution in [2.75, 3.05) is 11.9 Å². The molecule has 0 fully saturated rings. The van der Waals surface area contributed by atoms with E-state index in [9.17, 15) is 0 Å². The lowest BCUT2D eigenvalue weighted by Gasteiger charge is -2.04. The molecule has 0 unspecified atom stereocenters. The van der Waals surface area contributed by atoms with Crippen LogP contribution in [-0.2, 0) is 13.5 Å². The minimum absolute atomic E-state index is 0.607. The van der Waals surface area contributed by atoms with Crippen LogP contribution in [0.1, 0.15) is 5.56 Å². The summed E-state index contributed by atoms with van der Waals surface area (Å²) in [6, 6.07) is 3.99. The molecule has 96 valence electrons. The fourth-order valence-corrected chi connectivity index (χ4v) is 1.86. The zero-order chi connectivity index (χ0) is 13.1. The molecule has 1 N–H and O–H groups in total. The Morgan fingerprint density at radius 3 is 3.05 bits per heavy atom. The zero-order valence-corrected chi connectivity index (χ0v) is 10.6. The number of imidazole rings is 1. The maximum atomic E-state index is 4.36. The standard InChI is InChI=1S/C13H14N6/c1-19-9-17-12-11(19)8-16-13(18-12)15-6-4-10-3-2-5-14-7-10/h2-3,5,7-9H,4,6H2,1H3,(H,15,16,18). The van der Waals surface area contributed by atoms with Gasteiger partial charge in [0, 0.05) is 26.0 Å². The third-order valence-electron chi connectivity index (χ3n) is 2.90. The lowest BCUT2D eigenvalue weighted by Crippen LogP contribution is -2.08. The molecular weight excluding hydrogens is 240 g/mol. The number of aryl methyl sites for hydroxylation is 1. The first kappa shape index (κ1) is 11.6. The smallest absolute Gasteiger partial charge is 0.224 e. The predicted molar refractivity (Wildman–Crippen MR) is 72.7 cm³/mol. The van der Waals surface area contributed by atoms with Crippen molar-refractivity contribution < 1.29 is 0 Å². The monoisotopic (exact) mass is 254 g/mol. The van der Waals surface area contributed by atoms with Crippen LogP contribution >= 0.6 is 0 Å². The highest BCUT2D eigenvalue weighted by Gasteiger charge is 2.03. The van der Waals surface area contributed by atoms with Crippen LogP contribution in [0.25, 0.3) is 11.2 Å². The normalized spacial score (nSPS) is 10.8. The molecule has 0 aliphatic carbocycles. The van der Waals surface area contributed by atoms with Gasteiger partial charge < -0.3 is 9.88 Å². The van der Waals surface area contributed by atoms with E-state index >= 15 is 0 Å². The van der Waals surface area contributed by atoms with Gasteiger partial charge in [0.2, 0.25) is 5.95 Å². The summed E-state index contributed by atoms with van der Waals surface area (Å²) < 4.78 is 1.90. The van der Waals surface area contributed by atoms with E-state index in [-0.39, 0.29) is 0 Å². The van der Waals surface area contributed by atoms with Crippen molar-refractivity contribution in [2.45, 2.75) is 6.42 Å². The Morgan fingerprint density at radius 1 is 1.26 bits per heavy atom. The largest absolute Gasteiger partial charge is 0.354 e. The van der Waals surface area contributed by atoms with Crippen LogP contribution < -0.4 is 5.32 Å². The molecular formula is C13H14N6. The molecule has 0 atom stereocenters. The fourth-order valence-electron chi connectivity index (χ4n) is 1.86. The minimum Gasteiger partial charge on any atom is -0.354 e. The van der Waals surface area contributed by atoms with E-state index in [0.717, 1.165) is 18.5 Å². The average molecular weight is 254 g/mol. The number of hydrogen-bond acceptors (Lipinski definition) is 5. The lowest BCUT2D eigenvalue weighted by molar-refractivity contribution is 0.942. The van der Waals surface area contributed by atoms with E-state index in [0.29, 0.717) is 11.6 Å². The Kier molecular flexibility index (Phi) is 3.06. The van der Waals surface area contributed by atoms with Crippen molar-refractivity contribution in [3.05, 3.63) is 42.6 Å². The summed E-state index contributed by atoms with van der Waals surface area (Å²) in [6.45, 7) is 0.768. The van der Waals surface area contributed by atoms with E-state index in [4.69, 9.17) is 0 Å². The van der Waals surface area contributed by atoms with E-state index in [1.54, 1.807) is 18.7 Å². The lowest BCUT2D eigenvalue weighted by atomic mass is 10.2. The number of rotatable bonds is 4. The summed E-state index contributed by atoms with van der Waals surface area (Å²) in [4.78, 5) is 16.9.